The number of thioether (sulfide) groups is 1. The Morgan fingerprint density at radius 2 is 1.82 bits per heavy atom. The first kappa shape index (κ1) is 28.2. The molecule has 0 fully saturated rings. The van der Waals surface area contributed by atoms with Gasteiger partial charge in [-0.25, -0.2) is 4.39 Å². The number of hydrogen-bond donors (Lipinski definition) is 0. The molecule has 4 aromatic rings. The number of benzene rings is 3. The maximum absolute atomic E-state index is 13.2. The van der Waals surface area contributed by atoms with Crippen molar-refractivity contribution < 1.29 is 23.5 Å². The normalized spacial score (nSPS) is 11.7. The maximum Gasteiger partial charge on any atom is 0.220 e. The minimum Gasteiger partial charge on any atom is -0.494 e. The van der Waals surface area contributed by atoms with Crippen molar-refractivity contribution in [3.63, 3.8) is 0 Å². The van der Waals surface area contributed by atoms with Gasteiger partial charge in [0.25, 0.3) is 0 Å². The molecular formula is C27H26ClFN4O5S. The van der Waals surface area contributed by atoms with E-state index in [2.05, 4.69) is 10.2 Å². The standard InChI is InChI=1S/C27H26ClFN4O5S/c1-4-37-22-11-9-21(10-12-22)33-17(2)30-31-27(33)39-25(15-32(34)35)19-13-23(28)26(24(14-19)36-3)38-16-18-5-7-20(29)8-6-18/h5-14,25H,4,15-16H2,1-3H3/t25-/m0/s1. The highest BCUT2D eigenvalue weighted by atomic mass is 35.5. The highest BCUT2D eigenvalue weighted by molar-refractivity contribution is 7.99. The van der Waals surface area contributed by atoms with Crippen LogP contribution in [0.2, 0.25) is 5.02 Å². The molecule has 0 aliphatic heterocycles. The first-order chi connectivity index (χ1) is 18.8. The van der Waals surface area contributed by atoms with Crippen LogP contribution in [0.3, 0.4) is 0 Å². The quantitative estimate of drug-likeness (QED) is 0.108. The van der Waals surface area contributed by atoms with Crippen LogP contribution in [0.5, 0.6) is 17.2 Å². The van der Waals surface area contributed by atoms with Crippen LogP contribution < -0.4 is 14.2 Å². The van der Waals surface area contributed by atoms with Crippen molar-refractivity contribution in [2.24, 2.45) is 0 Å². The first-order valence-electron chi connectivity index (χ1n) is 12.0. The molecule has 0 spiro atoms. The van der Waals surface area contributed by atoms with Crippen LogP contribution in [-0.2, 0) is 6.61 Å². The third kappa shape index (κ3) is 6.98. The number of methoxy groups -OCH3 is 1. The zero-order valence-electron chi connectivity index (χ0n) is 21.5. The van der Waals surface area contributed by atoms with Crippen LogP contribution >= 0.6 is 23.4 Å². The van der Waals surface area contributed by atoms with E-state index in [0.29, 0.717) is 28.9 Å². The average Bonchev–Trinajstić information content (AvgIpc) is 3.28. The van der Waals surface area contributed by atoms with Gasteiger partial charge in [0.15, 0.2) is 16.7 Å². The third-order valence-corrected chi connectivity index (χ3v) is 7.15. The fourth-order valence-electron chi connectivity index (χ4n) is 3.85. The summed E-state index contributed by atoms with van der Waals surface area (Å²) in [5, 5.41) is 20.2. The summed E-state index contributed by atoms with van der Waals surface area (Å²) in [5.74, 6) is 1.61. The smallest absolute Gasteiger partial charge is 0.220 e. The molecule has 0 bridgehead atoms. The van der Waals surface area contributed by atoms with E-state index in [1.165, 1.54) is 31.0 Å². The Balaban J connectivity index is 1.62. The van der Waals surface area contributed by atoms with Gasteiger partial charge in [0.05, 0.1) is 18.7 Å². The SMILES string of the molecule is CCOc1ccc(-n2c(C)nnc2S[C@@H](C[N+](=O)[O-])c2cc(Cl)c(OCc3ccc(F)cc3)c(OC)c2)cc1. The Morgan fingerprint density at radius 3 is 2.46 bits per heavy atom. The highest BCUT2D eigenvalue weighted by Gasteiger charge is 2.26. The zero-order valence-corrected chi connectivity index (χ0v) is 23.0. The van der Waals surface area contributed by atoms with Crippen LogP contribution in [0.4, 0.5) is 4.39 Å². The number of halogens is 2. The van der Waals surface area contributed by atoms with Crippen molar-refractivity contribution >= 4 is 23.4 Å². The van der Waals surface area contributed by atoms with E-state index < -0.39 is 11.8 Å². The lowest BCUT2D eigenvalue weighted by Gasteiger charge is -2.18. The van der Waals surface area contributed by atoms with Crippen molar-refractivity contribution in [2.75, 3.05) is 20.3 Å². The van der Waals surface area contributed by atoms with Gasteiger partial charge in [-0.3, -0.25) is 14.7 Å². The summed E-state index contributed by atoms with van der Waals surface area (Å²) in [6.45, 7) is 4.01. The Labute approximate surface area is 234 Å². The molecule has 0 radical (unpaired) electrons. The molecule has 0 N–H and O–H groups in total. The largest absolute Gasteiger partial charge is 0.494 e. The summed E-state index contributed by atoms with van der Waals surface area (Å²) in [5.41, 5.74) is 2.10. The van der Waals surface area contributed by atoms with E-state index in [9.17, 15) is 14.5 Å². The molecule has 4 rings (SSSR count). The molecule has 0 aliphatic rings. The predicted octanol–water partition coefficient (Wildman–Crippen LogP) is 6.46. The van der Waals surface area contributed by atoms with Crippen LogP contribution in [0.1, 0.15) is 29.1 Å². The van der Waals surface area contributed by atoms with Crippen molar-refractivity contribution in [3.8, 4) is 22.9 Å². The first-order valence-corrected chi connectivity index (χ1v) is 13.2. The third-order valence-electron chi connectivity index (χ3n) is 5.68. The van der Waals surface area contributed by atoms with Gasteiger partial charge in [-0.2, -0.15) is 0 Å². The van der Waals surface area contributed by atoms with Gasteiger partial charge in [-0.05, 0) is 73.5 Å². The molecule has 1 heterocycles. The van der Waals surface area contributed by atoms with Gasteiger partial charge in [-0.1, -0.05) is 35.5 Å². The molecule has 0 saturated carbocycles. The number of aryl methyl sites for hydroxylation is 1. The monoisotopic (exact) mass is 572 g/mol. The molecule has 9 nitrogen and oxygen atoms in total. The molecule has 0 aliphatic carbocycles. The zero-order chi connectivity index (χ0) is 27.9. The summed E-state index contributed by atoms with van der Waals surface area (Å²) in [6, 6.07) is 16.6. The van der Waals surface area contributed by atoms with Crippen molar-refractivity contribution in [3.05, 3.63) is 98.6 Å². The Morgan fingerprint density at radius 1 is 1.10 bits per heavy atom. The number of nitro groups is 1. The Bertz CT molecular complexity index is 1430. The number of hydrogen-bond acceptors (Lipinski definition) is 8. The molecular weight excluding hydrogens is 547 g/mol. The minimum absolute atomic E-state index is 0.132. The average molecular weight is 573 g/mol. The van der Waals surface area contributed by atoms with Crippen LogP contribution in [0.25, 0.3) is 5.69 Å². The van der Waals surface area contributed by atoms with Crippen LogP contribution in [0, 0.1) is 22.9 Å². The van der Waals surface area contributed by atoms with Crippen molar-refractivity contribution in [1.29, 1.82) is 0 Å². The second-order valence-corrected chi connectivity index (χ2v) is 9.94. The van der Waals surface area contributed by atoms with E-state index >= 15 is 0 Å². The lowest BCUT2D eigenvalue weighted by molar-refractivity contribution is -0.479. The van der Waals surface area contributed by atoms with Gasteiger partial charge >= 0.3 is 0 Å². The summed E-state index contributed by atoms with van der Waals surface area (Å²) in [4.78, 5) is 11.3. The minimum atomic E-state index is -0.664. The van der Waals surface area contributed by atoms with Gasteiger partial charge in [-0.15, -0.1) is 10.2 Å². The van der Waals surface area contributed by atoms with Crippen molar-refractivity contribution in [2.45, 2.75) is 30.9 Å². The Kier molecular flexibility index (Phi) is 9.26. The molecule has 204 valence electrons. The summed E-state index contributed by atoms with van der Waals surface area (Å²) in [6.07, 6.45) is 0. The fourth-order valence-corrected chi connectivity index (χ4v) is 5.28. The maximum atomic E-state index is 13.2. The second-order valence-electron chi connectivity index (χ2n) is 8.36. The van der Waals surface area contributed by atoms with E-state index in [4.69, 9.17) is 25.8 Å². The number of ether oxygens (including phenoxy) is 3. The molecule has 0 saturated heterocycles. The Hall–Kier alpha value is -3.83. The lowest BCUT2D eigenvalue weighted by atomic mass is 10.1. The van der Waals surface area contributed by atoms with Gasteiger partial charge in [0.1, 0.15) is 29.2 Å². The van der Waals surface area contributed by atoms with Gasteiger partial charge in [0, 0.05) is 10.6 Å². The number of aromatic nitrogens is 3. The summed E-state index contributed by atoms with van der Waals surface area (Å²) >= 11 is 7.77. The van der Waals surface area contributed by atoms with Crippen molar-refractivity contribution in [1.82, 2.24) is 14.8 Å². The number of rotatable bonds is 12. The second kappa shape index (κ2) is 12.8. The molecule has 0 amide bonds. The number of nitrogens with zero attached hydrogens (tertiary/aromatic N) is 4. The topological polar surface area (TPSA) is 102 Å². The molecule has 3 aromatic carbocycles. The van der Waals surface area contributed by atoms with E-state index in [1.807, 2.05) is 42.7 Å². The molecule has 1 aromatic heterocycles. The van der Waals surface area contributed by atoms with Gasteiger partial charge in [0.2, 0.25) is 6.54 Å². The fraction of sp³-hybridized carbons (Fsp3) is 0.259. The summed E-state index contributed by atoms with van der Waals surface area (Å²) < 4.78 is 32.0. The molecule has 12 heteroatoms. The molecule has 39 heavy (non-hydrogen) atoms. The van der Waals surface area contributed by atoms with E-state index in [-0.39, 0.29) is 28.1 Å². The summed E-state index contributed by atoms with van der Waals surface area (Å²) in [7, 11) is 1.46. The highest BCUT2D eigenvalue weighted by Crippen LogP contribution is 2.43. The van der Waals surface area contributed by atoms with Gasteiger partial charge < -0.3 is 14.2 Å². The molecule has 1 atom stereocenters. The van der Waals surface area contributed by atoms with E-state index in [1.54, 1.807) is 24.3 Å². The lowest BCUT2D eigenvalue weighted by Crippen LogP contribution is -2.12. The van der Waals surface area contributed by atoms with Crippen LogP contribution in [-0.4, -0.2) is 39.9 Å². The molecule has 0 unspecified atom stereocenters. The van der Waals surface area contributed by atoms with E-state index in [0.717, 1.165) is 17.0 Å². The van der Waals surface area contributed by atoms with Crippen LogP contribution in [0.15, 0.2) is 65.8 Å². The predicted molar refractivity (Wildman–Crippen MR) is 146 cm³/mol.